The van der Waals surface area contributed by atoms with Crippen LogP contribution in [0.25, 0.3) is 0 Å². The van der Waals surface area contributed by atoms with E-state index in [9.17, 15) is 9.18 Å². The van der Waals surface area contributed by atoms with E-state index in [1.165, 1.54) is 37.0 Å². The Morgan fingerprint density at radius 3 is 2.58 bits per heavy atom. The van der Waals surface area contributed by atoms with Gasteiger partial charge < -0.3 is 4.74 Å². The van der Waals surface area contributed by atoms with Crippen LogP contribution in [0, 0.1) is 5.82 Å². The molecule has 204 valence electrons. The average molecular weight is 521 g/mol. The van der Waals surface area contributed by atoms with Gasteiger partial charge in [-0.3, -0.25) is 19.7 Å². The fourth-order valence-corrected chi connectivity index (χ4v) is 6.53. The summed E-state index contributed by atoms with van der Waals surface area (Å²) in [4.78, 5) is 25.1. The minimum Gasteiger partial charge on any atom is -0.491 e. The molecule has 0 bridgehead atoms. The lowest BCUT2D eigenvalue weighted by Gasteiger charge is -2.47. The van der Waals surface area contributed by atoms with Gasteiger partial charge in [0, 0.05) is 31.9 Å². The molecule has 0 aromatic heterocycles. The molecule has 2 heterocycles. The van der Waals surface area contributed by atoms with Gasteiger partial charge in [-0.05, 0) is 82.3 Å². The number of benzene rings is 2. The molecular formula is C31H41FN4O2. The quantitative estimate of drug-likeness (QED) is 0.429. The van der Waals surface area contributed by atoms with Crippen molar-refractivity contribution in [1.82, 2.24) is 9.80 Å². The van der Waals surface area contributed by atoms with Gasteiger partial charge in [-0.25, -0.2) is 9.18 Å². The topological polar surface area (TPSA) is 48.4 Å². The minimum absolute atomic E-state index is 0.121. The van der Waals surface area contributed by atoms with E-state index in [2.05, 4.69) is 24.0 Å². The highest BCUT2D eigenvalue weighted by atomic mass is 19.1. The number of amidine groups is 1. The predicted octanol–water partition coefficient (Wildman–Crippen LogP) is 6.64. The highest BCUT2D eigenvalue weighted by Crippen LogP contribution is 2.43. The molecule has 5 rings (SSSR count). The van der Waals surface area contributed by atoms with Crippen LogP contribution in [0.4, 0.5) is 14.9 Å². The monoisotopic (exact) mass is 520 g/mol. The van der Waals surface area contributed by atoms with Crippen LogP contribution in [0.3, 0.4) is 0 Å². The fraction of sp³-hybridized carbons (Fsp3) is 0.548. The summed E-state index contributed by atoms with van der Waals surface area (Å²) in [6, 6.07) is 15.1. The number of rotatable bonds is 6. The first-order chi connectivity index (χ1) is 18.3. The second kappa shape index (κ2) is 11.0. The molecule has 3 aliphatic rings. The molecule has 6 nitrogen and oxygen atoms in total. The molecule has 2 amide bonds. The third-order valence-corrected chi connectivity index (χ3v) is 8.31. The van der Waals surface area contributed by atoms with Crippen molar-refractivity contribution >= 4 is 17.6 Å². The van der Waals surface area contributed by atoms with Crippen molar-refractivity contribution in [1.29, 1.82) is 0 Å². The summed E-state index contributed by atoms with van der Waals surface area (Å²) >= 11 is 0. The zero-order valence-electron chi connectivity index (χ0n) is 23.2. The van der Waals surface area contributed by atoms with Crippen molar-refractivity contribution in [3.05, 3.63) is 59.9 Å². The third kappa shape index (κ3) is 5.31. The summed E-state index contributed by atoms with van der Waals surface area (Å²) in [5, 5.41) is 0. The van der Waals surface area contributed by atoms with Crippen LogP contribution in [0.2, 0.25) is 0 Å². The number of aliphatic imine (C=N–C) groups is 1. The van der Waals surface area contributed by atoms with Crippen molar-refractivity contribution in [2.24, 2.45) is 4.99 Å². The standard InChI is InChI=1S/C31H41FN4O2/c1-22(2)38-28-15-8-10-24(18-28)21-35-17-16-31(20-23(35)3)29(33-26-12-6-5-7-13-26)34(4)30(37)36(31)27-14-9-11-25(32)19-27/h8-11,14-15,18-19,22-23,26H,5-7,12-13,16-17,20-21H2,1-4H3/b33-29-/t23-,31+/m0/s1. The first-order valence-corrected chi connectivity index (χ1v) is 14.2. The number of ether oxygens (including phenoxy) is 1. The number of hydrogen-bond acceptors (Lipinski definition) is 4. The number of likely N-dealkylation sites (tertiary alicyclic amines) is 1. The number of likely N-dealkylation sites (N-methyl/N-ethyl adjacent to an activating group) is 1. The zero-order valence-corrected chi connectivity index (χ0v) is 23.2. The third-order valence-electron chi connectivity index (χ3n) is 8.31. The van der Waals surface area contributed by atoms with E-state index in [1.807, 2.05) is 44.0 Å². The Hall–Kier alpha value is -2.93. The van der Waals surface area contributed by atoms with Crippen molar-refractivity contribution in [3.8, 4) is 5.75 Å². The number of piperidine rings is 1. The summed E-state index contributed by atoms with van der Waals surface area (Å²) in [5.41, 5.74) is 1.23. The molecule has 2 aromatic rings. The number of halogens is 1. The molecule has 7 heteroatoms. The molecule has 2 atom stereocenters. The Kier molecular flexibility index (Phi) is 7.75. The average Bonchev–Trinajstić information content (AvgIpc) is 3.07. The first-order valence-electron chi connectivity index (χ1n) is 14.2. The largest absolute Gasteiger partial charge is 0.491 e. The van der Waals surface area contributed by atoms with Crippen molar-refractivity contribution in [3.63, 3.8) is 0 Å². The van der Waals surface area contributed by atoms with Gasteiger partial charge in [0.2, 0.25) is 0 Å². The Morgan fingerprint density at radius 2 is 1.87 bits per heavy atom. The summed E-state index contributed by atoms with van der Waals surface area (Å²) in [5.74, 6) is 1.41. The van der Waals surface area contributed by atoms with Gasteiger partial charge in [-0.2, -0.15) is 0 Å². The number of anilines is 1. The van der Waals surface area contributed by atoms with Gasteiger partial charge in [0.1, 0.15) is 22.9 Å². The molecule has 38 heavy (non-hydrogen) atoms. The number of urea groups is 1. The Morgan fingerprint density at radius 1 is 1.11 bits per heavy atom. The maximum absolute atomic E-state index is 14.4. The van der Waals surface area contributed by atoms with E-state index in [0.717, 1.165) is 50.4 Å². The highest BCUT2D eigenvalue weighted by Gasteiger charge is 2.57. The lowest BCUT2D eigenvalue weighted by Crippen LogP contribution is -2.59. The van der Waals surface area contributed by atoms with Gasteiger partial charge in [-0.15, -0.1) is 0 Å². The number of hydrogen-bond donors (Lipinski definition) is 0. The number of carbonyl (C=O) groups excluding carboxylic acids is 1. The van der Waals surface area contributed by atoms with E-state index >= 15 is 0 Å². The van der Waals surface area contributed by atoms with Gasteiger partial charge in [0.05, 0.1) is 12.1 Å². The maximum Gasteiger partial charge on any atom is 0.330 e. The van der Waals surface area contributed by atoms with Crippen molar-refractivity contribution < 1.29 is 13.9 Å². The van der Waals surface area contributed by atoms with E-state index in [0.29, 0.717) is 5.69 Å². The van der Waals surface area contributed by atoms with Gasteiger partial charge in [0.25, 0.3) is 0 Å². The van der Waals surface area contributed by atoms with E-state index in [4.69, 9.17) is 9.73 Å². The molecule has 1 aliphatic carbocycles. The second-order valence-corrected chi connectivity index (χ2v) is 11.5. The molecule has 2 aromatic carbocycles. The zero-order chi connectivity index (χ0) is 26.9. The lowest BCUT2D eigenvalue weighted by molar-refractivity contribution is 0.123. The van der Waals surface area contributed by atoms with E-state index < -0.39 is 5.54 Å². The van der Waals surface area contributed by atoms with E-state index in [1.54, 1.807) is 11.0 Å². The van der Waals surface area contributed by atoms with Crippen LogP contribution in [0.1, 0.15) is 71.3 Å². The number of carbonyl (C=O) groups is 1. The second-order valence-electron chi connectivity index (χ2n) is 11.5. The Labute approximate surface area is 226 Å². The summed E-state index contributed by atoms with van der Waals surface area (Å²) in [6.07, 6.45) is 7.38. The summed E-state index contributed by atoms with van der Waals surface area (Å²) in [6.45, 7) is 7.93. The summed E-state index contributed by atoms with van der Waals surface area (Å²) < 4.78 is 20.3. The normalized spacial score (nSPS) is 26.2. The molecule has 0 N–H and O–H groups in total. The molecule has 1 spiro atoms. The van der Waals surface area contributed by atoms with Crippen LogP contribution in [-0.2, 0) is 6.54 Å². The van der Waals surface area contributed by atoms with Crippen molar-refractivity contribution in [2.45, 2.75) is 96.0 Å². The van der Waals surface area contributed by atoms with Gasteiger partial charge in [0.15, 0.2) is 0 Å². The highest BCUT2D eigenvalue weighted by molar-refractivity contribution is 6.18. The SMILES string of the molecule is CC(C)Oc1cccc(CN2CC[C@@]3(C[C@@H]2C)/C(=N/C2CCCCC2)N(C)C(=O)N3c2cccc(F)c2)c1. The predicted molar refractivity (Wildman–Crippen MR) is 150 cm³/mol. The molecule has 0 unspecified atom stereocenters. The minimum atomic E-state index is -0.588. The van der Waals surface area contributed by atoms with Crippen LogP contribution in [0.15, 0.2) is 53.5 Å². The summed E-state index contributed by atoms with van der Waals surface area (Å²) in [7, 11) is 1.84. The van der Waals surface area contributed by atoms with Crippen LogP contribution in [-0.4, -0.2) is 59.0 Å². The smallest absolute Gasteiger partial charge is 0.330 e. The molecule has 3 fully saturated rings. The van der Waals surface area contributed by atoms with Gasteiger partial charge in [-0.1, -0.05) is 37.5 Å². The molecule has 0 radical (unpaired) electrons. The molecule has 2 saturated heterocycles. The number of amides is 2. The Balaban J connectivity index is 1.46. The molecular weight excluding hydrogens is 479 g/mol. The van der Waals surface area contributed by atoms with E-state index in [-0.39, 0.29) is 30.0 Å². The van der Waals surface area contributed by atoms with Crippen LogP contribution in [0.5, 0.6) is 5.75 Å². The Bertz CT molecular complexity index is 1180. The first kappa shape index (κ1) is 26.7. The lowest BCUT2D eigenvalue weighted by atomic mass is 9.80. The fourth-order valence-electron chi connectivity index (χ4n) is 6.53. The van der Waals surface area contributed by atoms with Crippen LogP contribution < -0.4 is 9.64 Å². The maximum atomic E-state index is 14.4. The van der Waals surface area contributed by atoms with Crippen molar-refractivity contribution in [2.75, 3.05) is 18.5 Å². The number of nitrogens with zero attached hydrogens (tertiary/aromatic N) is 4. The molecule has 2 aliphatic heterocycles. The molecule has 1 saturated carbocycles. The van der Waals surface area contributed by atoms with Gasteiger partial charge >= 0.3 is 6.03 Å². The van der Waals surface area contributed by atoms with Crippen LogP contribution >= 0.6 is 0 Å².